The summed E-state index contributed by atoms with van der Waals surface area (Å²) in [7, 11) is -4.31. The van der Waals surface area contributed by atoms with E-state index in [2.05, 4.69) is 5.16 Å². The highest BCUT2D eigenvalue weighted by Crippen LogP contribution is 2.23. The monoisotopic (exact) mass is 480 g/mol. The number of non-ortho nitro benzene ring substituents is 1. The van der Waals surface area contributed by atoms with Gasteiger partial charge in [0, 0.05) is 23.8 Å². The maximum absolute atomic E-state index is 12.4. The Morgan fingerprint density at radius 2 is 1.71 bits per heavy atom. The van der Waals surface area contributed by atoms with E-state index in [0.29, 0.717) is 11.5 Å². The molecule has 0 amide bonds. The molecular weight excluding hydrogens is 464 g/mol. The Bertz CT molecular complexity index is 1430. The fourth-order valence-corrected chi connectivity index (χ4v) is 3.89. The van der Waals surface area contributed by atoms with Crippen LogP contribution in [0.5, 0.6) is 5.75 Å². The second-order valence-electron chi connectivity index (χ2n) is 6.94. The van der Waals surface area contributed by atoms with Gasteiger partial charge in [-0.05, 0) is 30.3 Å². The van der Waals surface area contributed by atoms with Crippen molar-refractivity contribution in [2.24, 2.45) is 0 Å². The maximum Gasteiger partial charge on any atom is 0.339 e. The summed E-state index contributed by atoms with van der Waals surface area (Å²) >= 11 is 0. The molecule has 0 saturated carbocycles. The fourth-order valence-electron chi connectivity index (χ4n) is 2.92. The van der Waals surface area contributed by atoms with Crippen LogP contribution in [0, 0.1) is 10.1 Å². The average molecular weight is 480 g/mol. The summed E-state index contributed by atoms with van der Waals surface area (Å²) in [5.74, 6) is -0.383. The van der Waals surface area contributed by atoms with Gasteiger partial charge in [0.25, 0.3) is 5.69 Å². The summed E-state index contributed by atoms with van der Waals surface area (Å²) in [6.07, 6.45) is 0. The van der Waals surface area contributed by atoms with E-state index in [4.69, 9.17) is 13.4 Å². The fraction of sp³-hybridized carbons (Fsp3) is 0.0435. The van der Waals surface area contributed by atoms with Gasteiger partial charge < -0.3 is 13.4 Å². The summed E-state index contributed by atoms with van der Waals surface area (Å²) in [4.78, 5) is 22.1. The third-order valence-corrected chi connectivity index (χ3v) is 5.83. The van der Waals surface area contributed by atoms with Crippen LogP contribution in [0.4, 0.5) is 5.69 Å². The molecule has 0 aliphatic carbocycles. The van der Waals surface area contributed by atoms with Gasteiger partial charge in [-0.1, -0.05) is 41.6 Å². The molecule has 0 fully saturated rings. The van der Waals surface area contributed by atoms with Crippen molar-refractivity contribution in [2.45, 2.75) is 11.5 Å². The van der Waals surface area contributed by atoms with Gasteiger partial charge in [-0.15, -0.1) is 0 Å². The van der Waals surface area contributed by atoms with Crippen LogP contribution in [0.1, 0.15) is 16.1 Å². The van der Waals surface area contributed by atoms with Gasteiger partial charge in [0.2, 0.25) is 0 Å². The van der Waals surface area contributed by atoms with Gasteiger partial charge in [-0.3, -0.25) is 10.1 Å². The molecule has 0 atom stereocenters. The minimum Gasteiger partial charge on any atom is -0.454 e. The third-order valence-electron chi connectivity index (χ3n) is 4.59. The van der Waals surface area contributed by atoms with E-state index >= 15 is 0 Å². The molecule has 0 N–H and O–H groups in total. The number of nitro benzene ring substituents is 1. The number of benzene rings is 3. The molecule has 0 aliphatic rings. The van der Waals surface area contributed by atoms with Crippen molar-refractivity contribution in [3.63, 3.8) is 0 Å². The SMILES string of the molecule is O=C(OCc1cc(-c2ccccc2)no1)c1ccc(OS(=O)(=O)c2cccc([N+](=O)[O-])c2)cc1. The lowest BCUT2D eigenvalue weighted by Gasteiger charge is -2.08. The van der Waals surface area contributed by atoms with Gasteiger partial charge in [0.15, 0.2) is 12.4 Å². The van der Waals surface area contributed by atoms with Crippen LogP contribution in [0.3, 0.4) is 0 Å². The van der Waals surface area contributed by atoms with Gasteiger partial charge in [-0.25, -0.2) is 4.79 Å². The summed E-state index contributed by atoms with van der Waals surface area (Å²) in [6.45, 7) is -0.141. The Hall–Kier alpha value is -4.51. The molecule has 0 unspecified atom stereocenters. The molecule has 11 heteroatoms. The highest BCUT2D eigenvalue weighted by molar-refractivity contribution is 7.87. The van der Waals surface area contributed by atoms with Gasteiger partial charge in [-0.2, -0.15) is 8.42 Å². The quantitative estimate of drug-likeness (QED) is 0.156. The van der Waals surface area contributed by atoms with E-state index in [-0.39, 0.29) is 28.5 Å². The Labute approximate surface area is 193 Å². The number of ether oxygens (including phenoxy) is 1. The lowest BCUT2D eigenvalue weighted by Crippen LogP contribution is -2.10. The predicted octanol–water partition coefficient (Wildman–Crippen LogP) is 4.37. The smallest absolute Gasteiger partial charge is 0.339 e. The van der Waals surface area contributed by atoms with Crippen LogP contribution < -0.4 is 4.18 Å². The average Bonchev–Trinajstić information content (AvgIpc) is 3.32. The number of nitro groups is 1. The first-order valence-electron chi connectivity index (χ1n) is 9.79. The second kappa shape index (κ2) is 9.55. The molecule has 3 aromatic carbocycles. The van der Waals surface area contributed by atoms with E-state index in [1.54, 1.807) is 6.07 Å². The number of hydrogen-bond donors (Lipinski definition) is 0. The Morgan fingerprint density at radius 1 is 0.971 bits per heavy atom. The molecule has 0 radical (unpaired) electrons. The Morgan fingerprint density at radius 3 is 2.41 bits per heavy atom. The topological polar surface area (TPSA) is 139 Å². The minimum atomic E-state index is -4.31. The summed E-state index contributed by atoms with van der Waals surface area (Å²) in [5.41, 5.74) is 1.24. The number of rotatable bonds is 8. The van der Waals surface area contributed by atoms with E-state index in [1.165, 1.54) is 42.5 Å². The summed E-state index contributed by atoms with van der Waals surface area (Å²) in [6, 6.07) is 20.7. The van der Waals surface area contributed by atoms with Crippen molar-refractivity contribution in [3.8, 4) is 17.0 Å². The molecule has 0 bridgehead atoms. The molecule has 10 nitrogen and oxygen atoms in total. The van der Waals surface area contributed by atoms with E-state index in [0.717, 1.165) is 11.6 Å². The predicted molar refractivity (Wildman–Crippen MR) is 118 cm³/mol. The van der Waals surface area contributed by atoms with Crippen LogP contribution in [0.25, 0.3) is 11.3 Å². The molecular formula is C23H16N2O8S. The molecule has 0 spiro atoms. The Kier molecular flexibility index (Phi) is 6.37. The van der Waals surface area contributed by atoms with Gasteiger partial charge in [0.1, 0.15) is 16.3 Å². The van der Waals surface area contributed by atoms with Crippen molar-refractivity contribution in [3.05, 3.63) is 106 Å². The number of nitrogens with zero attached hydrogens (tertiary/aromatic N) is 2. The number of aromatic nitrogens is 1. The van der Waals surface area contributed by atoms with Crippen LogP contribution in [-0.4, -0.2) is 24.5 Å². The van der Waals surface area contributed by atoms with Crippen molar-refractivity contribution < 1.29 is 31.6 Å². The molecule has 4 rings (SSSR count). The first-order valence-corrected chi connectivity index (χ1v) is 11.2. The first-order chi connectivity index (χ1) is 16.3. The number of carbonyl (C=O) groups is 1. The largest absolute Gasteiger partial charge is 0.454 e. The molecule has 34 heavy (non-hydrogen) atoms. The molecule has 4 aromatic rings. The first kappa shape index (κ1) is 22.7. The third kappa shape index (κ3) is 5.27. The maximum atomic E-state index is 12.4. The van der Waals surface area contributed by atoms with Crippen molar-refractivity contribution >= 4 is 21.8 Å². The molecule has 1 aromatic heterocycles. The number of esters is 1. The zero-order chi connectivity index (χ0) is 24.1. The van der Waals surface area contributed by atoms with Crippen molar-refractivity contribution in [1.29, 1.82) is 0 Å². The van der Waals surface area contributed by atoms with Gasteiger partial charge in [0.05, 0.1) is 10.5 Å². The number of hydrogen-bond acceptors (Lipinski definition) is 9. The van der Waals surface area contributed by atoms with Crippen LogP contribution >= 0.6 is 0 Å². The number of carbonyl (C=O) groups excluding carboxylic acids is 1. The summed E-state index contributed by atoms with van der Waals surface area (Å²) in [5, 5.41) is 14.8. The zero-order valence-corrected chi connectivity index (χ0v) is 18.2. The highest BCUT2D eigenvalue weighted by atomic mass is 32.2. The Balaban J connectivity index is 1.38. The standard InChI is InChI=1S/C23H16N2O8S/c26-23(31-15-20-14-22(24-32-20)16-5-2-1-3-6-16)17-9-11-19(12-10-17)33-34(29,30)21-8-4-7-18(13-21)25(27)28/h1-14H,15H2. The lowest BCUT2D eigenvalue weighted by atomic mass is 10.1. The second-order valence-corrected chi connectivity index (χ2v) is 8.48. The molecule has 172 valence electrons. The zero-order valence-electron chi connectivity index (χ0n) is 17.4. The van der Waals surface area contributed by atoms with E-state index in [1.807, 2.05) is 30.3 Å². The van der Waals surface area contributed by atoms with Crippen LogP contribution in [0.2, 0.25) is 0 Å². The minimum absolute atomic E-state index is 0.0780. The van der Waals surface area contributed by atoms with Gasteiger partial charge >= 0.3 is 16.1 Å². The molecule has 0 saturated heterocycles. The highest BCUT2D eigenvalue weighted by Gasteiger charge is 2.20. The lowest BCUT2D eigenvalue weighted by molar-refractivity contribution is -0.385. The molecule has 1 heterocycles. The van der Waals surface area contributed by atoms with E-state index < -0.39 is 21.0 Å². The molecule has 0 aliphatic heterocycles. The van der Waals surface area contributed by atoms with Crippen molar-refractivity contribution in [2.75, 3.05) is 0 Å². The normalized spacial score (nSPS) is 11.1. The van der Waals surface area contributed by atoms with Crippen LogP contribution in [0.15, 0.2) is 94.3 Å². The van der Waals surface area contributed by atoms with E-state index in [9.17, 15) is 23.3 Å². The van der Waals surface area contributed by atoms with Crippen molar-refractivity contribution in [1.82, 2.24) is 5.16 Å². The summed E-state index contributed by atoms with van der Waals surface area (Å²) < 4.78 is 40.2. The van der Waals surface area contributed by atoms with Crippen LogP contribution in [-0.2, 0) is 21.5 Å².